The Kier molecular flexibility index (Phi) is 5.75. The number of rotatable bonds is 5. The molecule has 1 aromatic rings. The van der Waals surface area contributed by atoms with Crippen molar-refractivity contribution in [3.63, 3.8) is 0 Å². The summed E-state index contributed by atoms with van der Waals surface area (Å²) in [7, 11) is 0. The maximum Gasteiger partial charge on any atom is 0.242 e. The molecule has 2 amide bonds. The van der Waals surface area contributed by atoms with Gasteiger partial charge < -0.3 is 20.4 Å². The second-order valence-corrected chi connectivity index (χ2v) is 7.03. The van der Waals surface area contributed by atoms with Crippen LogP contribution in [-0.4, -0.2) is 59.9 Å². The first-order valence-electron chi connectivity index (χ1n) is 9.17. The molecule has 0 aliphatic carbocycles. The Balaban J connectivity index is 1.55. The van der Waals surface area contributed by atoms with Crippen LogP contribution in [0.1, 0.15) is 31.9 Å². The van der Waals surface area contributed by atoms with Crippen molar-refractivity contribution >= 4 is 11.8 Å². The molecule has 2 fully saturated rings. The van der Waals surface area contributed by atoms with Gasteiger partial charge in [0.15, 0.2) is 0 Å². The second kappa shape index (κ2) is 8.01. The summed E-state index contributed by atoms with van der Waals surface area (Å²) in [5, 5.41) is 2.82. The molecule has 0 unspecified atom stereocenters. The highest BCUT2D eigenvalue weighted by atomic mass is 16.3. The SMILES string of the molecule is CCNC(=O)[C@@H]1C[C@H](N)CN1C(=O)C1CCN(Cc2ccco2)CC1. The maximum absolute atomic E-state index is 12.9. The second-order valence-electron chi connectivity index (χ2n) is 7.03. The maximum atomic E-state index is 12.9. The molecule has 2 aliphatic heterocycles. The van der Waals surface area contributed by atoms with Crippen LogP contribution in [0.15, 0.2) is 22.8 Å². The topological polar surface area (TPSA) is 91.8 Å². The van der Waals surface area contributed by atoms with E-state index in [1.807, 2.05) is 19.1 Å². The van der Waals surface area contributed by atoms with Crippen molar-refractivity contribution in [3.05, 3.63) is 24.2 Å². The van der Waals surface area contributed by atoms with Gasteiger partial charge in [0.2, 0.25) is 11.8 Å². The summed E-state index contributed by atoms with van der Waals surface area (Å²) in [6.45, 7) is 5.44. The minimum atomic E-state index is -0.413. The van der Waals surface area contributed by atoms with Crippen LogP contribution in [0.3, 0.4) is 0 Å². The van der Waals surface area contributed by atoms with Gasteiger partial charge in [0.05, 0.1) is 12.8 Å². The van der Waals surface area contributed by atoms with Crippen LogP contribution in [0.25, 0.3) is 0 Å². The number of amides is 2. The number of likely N-dealkylation sites (N-methyl/N-ethyl adjacent to an activating group) is 1. The molecule has 0 bridgehead atoms. The van der Waals surface area contributed by atoms with Crippen LogP contribution in [-0.2, 0) is 16.1 Å². The Morgan fingerprint density at radius 3 is 2.76 bits per heavy atom. The van der Waals surface area contributed by atoms with Crippen molar-refractivity contribution in [2.45, 2.75) is 44.8 Å². The summed E-state index contributed by atoms with van der Waals surface area (Å²) in [6, 6.07) is 3.34. The molecule has 3 heterocycles. The van der Waals surface area contributed by atoms with Crippen molar-refractivity contribution in [1.29, 1.82) is 0 Å². The molecule has 0 spiro atoms. The highest BCUT2D eigenvalue weighted by Gasteiger charge is 2.40. The van der Waals surface area contributed by atoms with E-state index in [0.717, 1.165) is 38.2 Å². The minimum absolute atomic E-state index is 0.0184. The van der Waals surface area contributed by atoms with Crippen LogP contribution in [0.5, 0.6) is 0 Å². The van der Waals surface area contributed by atoms with Gasteiger partial charge in [-0.05, 0) is 51.4 Å². The smallest absolute Gasteiger partial charge is 0.242 e. The van der Waals surface area contributed by atoms with Crippen LogP contribution in [0.2, 0.25) is 0 Å². The Labute approximate surface area is 148 Å². The lowest BCUT2D eigenvalue weighted by molar-refractivity contribution is -0.142. The normalized spacial score (nSPS) is 25.3. The van der Waals surface area contributed by atoms with E-state index in [4.69, 9.17) is 10.2 Å². The average molecular weight is 348 g/mol. The molecule has 0 aromatic carbocycles. The molecule has 3 N–H and O–H groups in total. The lowest BCUT2D eigenvalue weighted by Crippen LogP contribution is -2.49. The molecule has 0 saturated carbocycles. The van der Waals surface area contributed by atoms with Gasteiger partial charge in [-0.15, -0.1) is 0 Å². The fourth-order valence-corrected chi connectivity index (χ4v) is 3.85. The molecular formula is C18H28N4O3. The van der Waals surface area contributed by atoms with Crippen molar-refractivity contribution in [3.8, 4) is 0 Å². The molecule has 2 saturated heterocycles. The summed E-state index contributed by atoms with van der Waals surface area (Å²) in [4.78, 5) is 29.2. The van der Waals surface area contributed by atoms with Gasteiger partial charge in [0.25, 0.3) is 0 Å². The standard InChI is InChI=1S/C18H28N4O3/c1-2-20-17(23)16-10-14(19)11-22(16)18(24)13-5-7-21(8-6-13)12-15-4-3-9-25-15/h3-4,9,13-14,16H,2,5-8,10-12,19H2,1H3,(H,20,23)/t14-,16-/m0/s1. The molecule has 2 aliphatic rings. The minimum Gasteiger partial charge on any atom is -0.468 e. The van der Waals surface area contributed by atoms with E-state index in [1.165, 1.54) is 0 Å². The lowest BCUT2D eigenvalue weighted by atomic mass is 9.94. The van der Waals surface area contributed by atoms with Crippen LogP contribution < -0.4 is 11.1 Å². The summed E-state index contributed by atoms with van der Waals surface area (Å²) in [5.41, 5.74) is 6.02. The summed E-state index contributed by atoms with van der Waals surface area (Å²) < 4.78 is 5.39. The average Bonchev–Trinajstić information content (AvgIpc) is 3.24. The van der Waals surface area contributed by atoms with Gasteiger partial charge in [0.1, 0.15) is 11.8 Å². The van der Waals surface area contributed by atoms with Crippen molar-refractivity contribution in [2.24, 2.45) is 11.7 Å². The number of carbonyl (C=O) groups is 2. The highest BCUT2D eigenvalue weighted by molar-refractivity contribution is 5.89. The van der Waals surface area contributed by atoms with Crippen LogP contribution in [0.4, 0.5) is 0 Å². The number of carbonyl (C=O) groups excluding carboxylic acids is 2. The van der Waals surface area contributed by atoms with E-state index in [1.54, 1.807) is 11.2 Å². The van der Waals surface area contributed by atoms with Crippen LogP contribution in [0, 0.1) is 5.92 Å². The zero-order chi connectivity index (χ0) is 17.8. The van der Waals surface area contributed by atoms with Crippen LogP contribution >= 0.6 is 0 Å². The molecule has 3 rings (SSSR count). The third-order valence-electron chi connectivity index (χ3n) is 5.17. The Morgan fingerprint density at radius 1 is 1.36 bits per heavy atom. The number of piperidine rings is 1. The summed E-state index contributed by atoms with van der Waals surface area (Å²) >= 11 is 0. The fourth-order valence-electron chi connectivity index (χ4n) is 3.85. The van der Waals surface area contributed by atoms with Gasteiger partial charge in [0, 0.05) is 25.0 Å². The Bertz CT molecular complexity index is 581. The van der Waals surface area contributed by atoms with Gasteiger partial charge in [-0.1, -0.05) is 0 Å². The van der Waals surface area contributed by atoms with E-state index >= 15 is 0 Å². The van der Waals surface area contributed by atoms with Gasteiger partial charge >= 0.3 is 0 Å². The molecule has 25 heavy (non-hydrogen) atoms. The van der Waals surface area contributed by atoms with E-state index in [-0.39, 0.29) is 23.8 Å². The molecule has 1 aromatic heterocycles. The number of nitrogens with one attached hydrogen (secondary N) is 1. The van der Waals surface area contributed by atoms with Gasteiger partial charge in [-0.3, -0.25) is 14.5 Å². The lowest BCUT2D eigenvalue weighted by Gasteiger charge is -2.34. The number of hydrogen-bond donors (Lipinski definition) is 2. The molecule has 138 valence electrons. The van der Waals surface area contributed by atoms with Crippen molar-refractivity contribution < 1.29 is 14.0 Å². The Morgan fingerprint density at radius 2 is 2.12 bits per heavy atom. The molecular weight excluding hydrogens is 320 g/mol. The van der Waals surface area contributed by atoms with E-state index in [9.17, 15) is 9.59 Å². The molecule has 7 nitrogen and oxygen atoms in total. The zero-order valence-corrected chi connectivity index (χ0v) is 14.8. The highest BCUT2D eigenvalue weighted by Crippen LogP contribution is 2.26. The number of likely N-dealkylation sites (tertiary alicyclic amines) is 2. The zero-order valence-electron chi connectivity index (χ0n) is 14.8. The third kappa shape index (κ3) is 4.22. The fraction of sp³-hybridized carbons (Fsp3) is 0.667. The predicted octanol–water partition coefficient (Wildman–Crippen LogP) is 0.556. The largest absolute Gasteiger partial charge is 0.468 e. The molecule has 2 atom stereocenters. The first kappa shape index (κ1) is 17.9. The molecule has 0 radical (unpaired) electrons. The quantitative estimate of drug-likeness (QED) is 0.811. The summed E-state index contributed by atoms with van der Waals surface area (Å²) in [5.74, 6) is 0.933. The monoisotopic (exact) mass is 348 g/mol. The van der Waals surface area contributed by atoms with Crippen molar-refractivity contribution in [1.82, 2.24) is 15.1 Å². The number of nitrogens with zero attached hydrogens (tertiary/aromatic N) is 2. The van der Waals surface area contributed by atoms with Gasteiger partial charge in [-0.25, -0.2) is 0 Å². The van der Waals surface area contributed by atoms with E-state index < -0.39 is 6.04 Å². The number of nitrogens with two attached hydrogens (primary N) is 1. The first-order chi connectivity index (χ1) is 12.1. The van der Waals surface area contributed by atoms with Crippen molar-refractivity contribution in [2.75, 3.05) is 26.2 Å². The molecule has 7 heteroatoms. The first-order valence-corrected chi connectivity index (χ1v) is 9.17. The number of furan rings is 1. The summed E-state index contributed by atoms with van der Waals surface area (Å²) in [6.07, 6.45) is 3.86. The van der Waals surface area contributed by atoms with E-state index in [0.29, 0.717) is 19.5 Å². The van der Waals surface area contributed by atoms with Gasteiger partial charge in [-0.2, -0.15) is 0 Å². The number of hydrogen-bond acceptors (Lipinski definition) is 5. The predicted molar refractivity (Wildman–Crippen MR) is 93.5 cm³/mol. The Hall–Kier alpha value is -1.86. The third-order valence-corrected chi connectivity index (χ3v) is 5.17. The van der Waals surface area contributed by atoms with E-state index in [2.05, 4.69) is 10.2 Å².